The van der Waals surface area contributed by atoms with Crippen LogP contribution in [0.1, 0.15) is 13.8 Å². The molecule has 0 atom stereocenters. The van der Waals surface area contributed by atoms with Crippen molar-refractivity contribution < 1.29 is 0 Å². The first kappa shape index (κ1) is 14.3. The quantitative estimate of drug-likeness (QED) is 0.893. The second-order valence-corrected chi connectivity index (χ2v) is 5.70. The molecular formula is C14H14BrN5. The zero-order chi connectivity index (χ0) is 14.6. The summed E-state index contributed by atoms with van der Waals surface area (Å²) in [6, 6.07) is 11.7. The van der Waals surface area contributed by atoms with E-state index in [9.17, 15) is 0 Å². The first-order valence-corrected chi connectivity index (χ1v) is 6.82. The molecule has 0 unspecified atom stereocenters. The highest BCUT2D eigenvalue weighted by molar-refractivity contribution is 9.10. The van der Waals surface area contributed by atoms with Crippen molar-refractivity contribution >= 4 is 33.3 Å². The van der Waals surface area contributed by atoms with Gasteiger partial charge in [0, 0.05) is 16.2 Å². The molecule has 1 heterocycles. The third-order valence-electron chi connectivity index (χ3n) is 2.48. The van der Waals surface area contributed by atoms with Crippen LogP contribution in [0.25, 0.3) is 0 Å². The van der Waals surface area contributed by atoms with Crippen molar-refractivity contribution in [1.82, 2.24) is 9.97 Å². The third-order valence-corrected chi connectivity index (χ3v) is 2.98. The van der Waals surface area contributed by atoms with E-state index < -0.39 is 5.54 Å². The van der Waals surface area contributed by atoms with Gasteiger partial charge in [-0.3, -0.25) is 0 Å². The van der Waals surface area contributed by atoms with Crippen LogP contribution in [0.2, 0.25) is 0 Å². The van der Waals surface area contributed by atoms with Crippen LogP contribution in [0.15, 0.2) is 41.1 Å². The number of hydrogen-bond donors (Lipinski definition) is 2. The van der Waals surface area contributed by atoms with Crippen LogP contribution >= 0.6 is 15.9 Å². The average molecular weight is 332 g/mol. The number of nitrogens with zero attached hydrogens (tertiary/aromatic N) is 3. The lowest BCUT2D eigenvalue weighted by molar-refractivity contribution is 0.723. The highest BCUT2D eigenvalue weighted by atomic mass is 79.9. The van der Waals surface area contributed by atoms with Gasteiger partial charge >= 0.3 is 0 Å². The summed E-state index contributed by atoms with van der Waals surface area (Å²) in [6.07, 6.45) is 1.45. The molecule has 0 fully saturated rings. The Labute approximate surface area is 126 Å². The molecule has 0 aliphatic rings. The minimum Gasteiger partial charge on any atom is -0.352 e. The van der Waals surface area contributed by atoms with E-state index in [2.05, 4.69) is 42.6 Å². The van der Waals surface area contributed by atoms with Gasteiger partial charge < -0.3 is 10.6 Å². The molecule has 20 heavy (non-hydrogen) atoms. The molecule has 0 bridgehead atoms. The standard InChI is InChI=1S/C14H14BrN5/c1-14(2,8-16)20-13-7-12(17-9-18-13)19-11-5-3-4-10(15)6-11/h3-7,9H,1-2H3,(H2,17,18,19,20). The topological polar surface area (TPSA) is 73.6 Å². The molecule has 0 saturated heterocycles. The molecule has 2 rings (SSSR count). The average Bonchev–Trinajstić information content (AvgIpc) is 2.38. The first-order chi connectivity index (χ1) is 9.48. The molecule has 5 nitrogen and oxygen atoms in total. The summed E-state index contributed by atoms with van der Waals surface area (Å²) in [7, 11) is 0. The first-order valence-electron chi connectivity index (χ1n) is 6.02. The monoisotopic (exact) mass is 331 g/mol. The van der Waals surface area contributed by atoms with Gasteiger partial charge in [0.2, 0.25) is 0 Å². The molecule has 102 valence electrons. The van der Waals surface area contributed by atoms with Crippen molar-refractivity contribution in [1.29, 1.82) is 5.26 Å². The van der Waals surface area contributed by atoms with Gasteiger partial charge in [-0.15, -0.1) is 0 Å². The minimum atomic E-state index is -0.679. The number of rotatable bonds is 4. The Morgan fingerprint density at radius 1 is 1.20 bits per heavy atom. The van der Waals surface area contributed by atoms with Gasteiger partial charge in [-0.2, -0.15) is 5.26 Å². The summed E-state index contributed by atoms with van der Waals surface area (Å²) in [5.41, 5.74) is 0.241. The third kappa shape index (κ3) is 3.93. The van der Waals surface area contributed by atoms with Crippen molar-refractivity contribution in [2.75, 3.05) is 10.6 Å². The Morgan fingerprint density at radius 3 is 2.65 bits per heavy atom. The van der Waals surface area contributed by atoms with E-state index in [1.807, 2.05) is 24.3 Å². The fourth-order valence-electron chi connectivity index (χ4n) is 1.56. The van der Waals surface area contributed by atoms with Crippen LogP contribution in [0.3, 0.4) is 0 Å². The van der Waals surface area contributed by atoms with Gasteiger partial charge in [-0.05, 0) is 32.0 Å². The van der Waals surface area contributed by atoms with Crippen LogP contribution in [0.5, 0.6) is 0 Å². The zero-order valence-electron chi connectivity index (χ0n) is 11.2. The molecule has 0 aliphatic carbocycles. The van der Waals surface area contributed by atoms with Crippen LogP contribution in [0.4, 0.5) is 17.3 Å². The SMILES string of the molecule is CC(C)(C#N)Nc1cc(Nc2cccc(Br)c2)ncn1. The van der Waals surface area contributed by atoms with Crippen LogP contribution in [-0.2, 0) is 0 Å². The molecule has 0 radical (unpaired) electrons. The van der Waals surface area contributed by atoms with Gasteiger partial charge in [0.15, 0.2) is 0 Å². The van der Waals surface area contributed by atoms with E-state index in [1.54, 1.807) is 19.9 Å². The maximum atomic E-state index is 9.01. The van der Waals surface area contributed by atoms with Crippen molar-refractivity contribution in [2.24, 2.45) is 0 Å². The second-order valence-electron chi connectivity index (χ2n) is 4.79. The summed E-state index contributed by atoms with van der Waals surface area (Å²) in [5, 5.41) is 15.2. The molecule has 0 amide bonds. The Balaban J connectivity index is 2.16. The number of anilines is 3. The fourth-order valence-corrected chi connectivity index (χ4v) is 1.96. The Bertz CT molecular complexity index is 648. The van der Waals surface area contributed by atoms with Crippen molar-refractivity contribution in [3.63, 3.8) is 0 Å². The molecule has 2 N–H and O–H groups in total. The predicted molar refractivity (Wildman–Crippen MR) is 82.8 cm³/mol. The van der Waals surface area contributed by atoms with Crippen LogP contribution < -0.4 is 10.6 Å². The van der Waals surface area contributed by atoms with Crippen LogP contribution in [0, 0.1) is 11.3 Å². The Morgan fingerprint density at radius 2 is 1.95 bits per heavy atom. The van der Waals surface area contributed by atoms with Gasteiger partial charge in [0.05, 0.1) is 6.07 Å². The maximum absolute atomic E-state index is 9.01. The van der Waals surface area contributed by atoms with Crippen molar-refractivity contribution in [3.8, 4) is 6.07 Å². The summed E-state index contributed by atoms with van der Waals surface area (Å²) in [6.45, 7) is 3.58. The summed E-state index contributed by atoms with van der Waals surface area (Å²) >= 11 is 3.42. The van der Waals surface area contributed by atoms with Gasteiger partial charge in [0.1, 0.15) is 23.5 Å². The van der Waals surface area contributed by atoms with E-state index in [0.29, 0.717) is 11.6 Å². The number of halogens is 1. The van der Waals surface area contributed by atoms with Crippen molar-refractivity contribution in [3.05, 3.63) is 41.1 Å². The number of nitriles is 1. The van der Waals surface area contributed by atoms with Gasteiger partial charge in [0.25, 0.3) is 0 Å². The lowest BCUT2D eigenvalue weighted by Crippen LogP contribution is -2.28. The number of aromatic nitrogens is 2. The predicted octanol–water partition coefficient (Wildman–Crippen LogP) is 3.70. The van der Waals surface area contributed by atoms with E-state index in [-0.39, 0.29) is 0 Å². The molecule has 6 heteroatoms. The lowest BCUT2D eigenvalue weighted by atomic mass is 10.1. The molecule has 1 aromatic carbocycles. The van der Waals surface area contributed by atoms with Gasteiger partial charge in [-0.25, -0.2) is 9.97 Å². The molecule has 2 aromatic rings. The number of benzene rings is 1. The zero-order valence-corrected chi connectivity index (χ0v) is 12.8. The van der Waals surface area contributed by atoms with E-state index in [0.717, 1.165) is 10.2 Å². The van der Waals surface area contributed by atoms with E-state index in [1.165, 1.54) is 6.33 Å². The van der Waals surface area contributed by atoms with Gasteiger partial charge in [-0.1, -0.05) is 22.0 Å². The molecule has 0 spiro atoms. The van der Waals surface area contributed by atoms with E-state index >= 15 is 0 Å². The second kappa shape index (κ2) is 5.88. The summed E-state index contributed by atoms with van der Waals surface area (Å²) < 4.78 is 0.987. The van der Waals surface area contributed by atoms with E-state index in [4.69, 9.17) is 5.26 Å². The highest BCUT2D eigenvalue weighted by Gasteiger charge is 2.16. The molecule has 0 aliphatic heterocycles. The molecular weight excluding hydrogens is 318 g/mol. The lowest BCUT2D eigenvalue weighted by Gasteiger charge is -2.18. The molecule has 0 saturated carbocycles. The number of nitrogens with one attached hydrogen (secondary N) is 2. The van der Waals surface area contributed by atoms with Crippen molar-refractivity contribution in [2.45, 2.75) is 19.4 Å². The summed E-state index contributed by atoms with van der Waals surface area (Å²) in [5.74, 6) is 1.26. The smallest absolute Gasteiger partial charge is 0.135 e. The van der Waals surface area contributed by atoms with Crippen LogP contribution in [-0.4, -0.2) is 15.5 Å². The largest absolute Gasteiger partial charge is 0.352 e. The highest BCUT2D eigenvalue weighted by Crippen LogP contribution is 2.21. The summed E-state index contributed by atoms with van der Waals surface area (Å²) in [4.78, 5) is 8.27. The molecule has 1 aromatic heterocycles. The Hall–Kier alpha value is -2.13. The fraction of sp³-hybridized carbons (Fsp3) is 0.214. The normalized spacial score (nSPS) is 10.7. The minimum absolute atomic E-state index is 0.601. The Kier molecular flexibility index (Phi) is 4.20. The number of hydrogen-bond acceptors (Lipinski definition) is 5. The maximum Gasteiger partial charge on any atom is 0.135 e.